The largest absolute Gasteiger partial charge is 0.403 e. The number of nitrogens with zero attached hydrogens (tertiary/aromatic N) is 4. The molecule has 2 heterocycles. The summed E-state index contributed by atoms with van der Waals surface area (Å²) in [6.07, 6.45) is -0.547. The average molecular weight is 400 g/mol. The van der Waals surface area contributed by atoms with Gasteiger partial charge in [-0.15, -0.1) is 0 Å². The molecule has 0 aromatic carbocycles. The van der Waals surface area contributed by atoms with Crippen molar-refractivity contribution in [3.63, 3.8) is 0 Å². The highest BCUT2D eigenvalue weighted by Gasteiger charge is 2.41. The van der Waals surface area contributed by atoms with Gasteiger partial charge < -0.3 is 10.2 Å². The van der Waals surface area contributed by atoms with Crippen LogP contribution in [0.15, 0.2) is 29.5 Å². The zero-order valence-electron chi connectivity index (χ0n) is 17.2. The van der Waals surface area contributed by atoms with Crippen molar-refractivity contribution in [1.29, 1.82) is 0 Å². The molecule has 0 spiro atoms. The van der Waals surface area contributed by atoms with Gasteiger partial charge in [0, 0.05) is 57.6 Å². The number of pyridine rings is 1. The Morgan fingerprint density at radius 2 is 1.89 bits per heavy atom. The molecular weight excluding hydrogens is 367 g/mol. The topological polar surface area (TPSA) is 43.8 Å². The molecule has 1 N–H and O–H groups in total. The van der Waals surface area contributed by atoms with Crippen LogP contribution in [0.3, 0.4) is 0 Å². The summed E-state index contributed by atoms with van der Waals surface area (Å²) in [5.41, 5.74) is 1.15. The van der Waals surface area contributed by atoms with Gasteiger partial charge in [-0.3, -0.25) is 14.9 Å². The van der Waals surface area contributed by atoms with Crippen molar-refractivity contribution in [3.05, 3.63) is 30.1 Å². The van der Waals surface area contributed by atoms with Gasteiger partial charge in [-0.05, 0) is 31.4 Å². The van der Waals surface area contributed by atoms with Gasteiger partial charge in [-0.25, -0.2) is 0 Å². The molecule has 158 valence electrons. The highest BCUT2D eigenvalue weighted by atomic mass is 19.4. The highest BCUT2D eigenvalue weighted by molar-refractivity contribution is 5.80. The van der Waals surface area contributed by atoms with Gasteiger partial charge >= 0.3 is 6.18 Å². The van der Waals surface area contributed by atoms with Gasteiger partial charge in [-0.1, -0.05) is 19.9 Å². The van der Waals surface area contributed by atoms with Crippen molar-refractivity contribution in [1.82, 2.24) is 20.1 Å². The fourth-order valence-electron chi connectivity index (χ4n) is 3.44. The third-order valence-corrected chi connectivity index (χ3v) is 5.33. The van der Waals surface area contributed by atoms with E-state index in [0.29, 0.717) is 38.6 Å². The van der Waals surface area contributed by atoms with E-state index in [-0.39, 0.29) is 5.92 Å². The van der Waals surface area contributed by atoms with Crippen LogP contribution in [0.2, 0.25) is 0 Å². The number of halogens is 3. The van der Waals surface area contributed by atoms with Gasteiger partial charge in [0.2, 0.25) is 0 Å². The number of piperazine rings is 1. The highest BCUT2D eigenvalue weighted by Crippen LogP contribution is 2.26. The smallest absolute Gasteiger partial charge is 0.357 e. The molecule has 0 amide bonds. The van der Waals surface area contributed by atoms with E-state index < -0.39 is 12.2 Å². The van der Waals surface area contributed by atoms with E-state index in [0.717, 1.165) is 18.1 Å². The lowest BCUT2D eigenvalue weighted by molar-refractivity contribution is -0.181. The Kier molecular flexibility index (Phi) is 8.10. The van der Waals surface area contributed by atoms with Crippen LogP contribution in [0.1, 0.15) is 39.2 Å². The molecule has 1 saturated heterocycles. The van der Waals surface area contributed by atoms with E-state index in [2.05, 4.69) is 35.1 Å². The number of guanidine groups is 1. The molecule has 2 rings (SSSR count). The van der Waals surface area contributed by atoms with E-state index in [1.165, 1.54) is 11.8 Å². The third kappa shape index (κ3) is 6.09. The van der Waals surface area contributed by atoms with Crippen LogP contribution in [0.4, 0.5) is 13.2 Å². The molecule has 1 aromatic rings. The van der Waals surface area contributed by atoms with Crippen molar-refractivity contribution in [2.45, 2.75) is 45.8 Å². The Hall–Kier alpha value is -1.83. The first kappa shape index (κ1) is 22.5. The first-order valence-corrected chi connectivity index (χ1v) is 9.98. The summed E-state index contributed by atoms with van der Waals surface area (Å²) in [6.45, 7) is 10.7. The van der Waals surface area contributed by atoms with E-state index in [9.17, 15) is 13.2 Å². The van der Waals surface area contributed by atoms with Crippen LogP contribution in [-0.4, -0.2) is 72.2 Å². The second-order valence-corrected chi connectivity index (χ2v) is 7.57. The van der Waals surface area contributed by atoms with Gasteiger partial charge in [0.25, 0.3) is 0 Å². The maximum atomic E-state index is 13.0. The molecule has 2 unspecified atom stereocenters. The second kappa shape index (κ2) is 10.1. The molecule has 1 aromatic heterocycles. The summed E-state index contributed by atoms with van der Waals surface area (Å²) in [7, 11) is 0. The lowest BCUT2D eigenvalue weighted by Crippen LogP contribution is -2.56. The lowest BCUT2D eigenvalue weighted by atomic mass is 9.89. The first-order valence-electron chi connectivity index (χ1n) is 9.98. The molecule has 1 aliphatic heterocycles. The minimum atomic E-state index is -4.19. The number of nitrogens with one attached hydrogen (secondary N) is 1. The molecule has 5 nitrogen and oxygen atoms in total. The van der Waals surface area contributed by atoms with Crippen molar-refractivity contribution in [3.8, 4) is 0 Å². The Morgan fingerprint density at radius 1 is 1.21 bits per heavy atom. The quantitative estimate of drug-likeness (QED) is 0.589. The molecule has 2 atom stereocenters. The Morgan fingerprint density at radius 3 is 2.39 bits per heavy atom. The summed E-state index contributed by atoms with van der Waals surface area (Å²) in [6, 6.07) is 2.59. The summed E-state index contributed by atoms with van der Waals surface area (Å²) in [5, 5.41) is 3.29. The SMILES string of the molecule is CCNC(=NCC(c1cccnc1)C(C)C)N1CCN(C(C)C(F)(F)F)CC1. The standard InChI is InChI=1S/C20H32F3N5/c1-5-25-19(26-14-18(15(2)3)17-7-6-8-24-13-17)28-11-9-27(10-12-28)16(4)20(21,22)23/h6-8,13,15-16,18H,5,9-12,14H2,1-4H3,(H,25,26). The van der Waals surface area contributed by atoms with Crippen LogP contribution in [0.25, 0.3) is 0 Å². The van der Waals surface area contributed by atoms with E-state index >= 15 is 0 Å². The Balaban J connectivity index is 2.04. The molecular formula is C20H32F3N5. The molecule has 28 heavy (non-hydrogen) atoms. The zero-order chi connectivity index (χ0) is 20.7. The molecule has 8 heteroatoms. The van der Waals surface area contributed by atoms with Crippen molar-refractivity contribution >= 4 is 5.96 Å². The predicted molar refractivity (Wildman–Crippen MR) is 106 cm³/mol. The summed E-state index contributed by atoms with van der Waals surface area (Å²) in [4.78, 5) is 12.6. The molecule has 1 fully saturated rings. The first-order chi connectivity index (χ1) is 13.2. The summed E-state index contributed by atoms with van der Waals surface area (Å²) >= 11 is 0. The fraction of sp³-hybridized carbons (Fsp3) is 0.700. The molecule has 0 radical (unpaired) electrons. The van der Waals surface area contributed by atoms with E-state index in [1.807, 2.05) is 19.2 Å². The van der Waals surface area contributed by atoms with Crippen molar-refractivity contribution < 1.29 is 13.2 Å². The minimum absolute atomic E-state index is 0.244. The van der Waals surface area contributed by atoms with Gasteiger partial charge in [0.15, 0.2) is 5.96 Å². The monoisotopic (exact) mass is 399 g/mol. The third-order valence-electron chi connectivity index (χ3n) is 5.33. The number of rotatable bonds is 6. The number of aliphatic imine (C=N–C) groups is 1. The van der Waals surface area contributed by atoms with Crippen molar-refractivity contribution in [2.75, 3.05) is 39.3 Å². The van der Waals surface area contributed by atoms with Crippen LogP contribution in [0, 0.1) is 5.92 Å². The lowest BCUT2D eigenvalue weighted by Gasteiger charge is -2.39. The summed E-state index contributed by atoms with van der Waals surface area (Å²) in [5.74, 6) is 1.42. The molecule has 0 saturated carbocycles. The van der Waals surface area contributed by atoms with Crippen LogP contribution >= 0.6 is 0 Å². The van der Waals surface area contributed by atoms with Crippen LogP contribution < -0.4 is 5.32 Å². The van der Waals surface area contributed by atoms with Crippen LogP contribution in [0.5, 0.6) is 0 Å². The minimum Gasteiger partial charge on any atom is -0.357 e. The number of alkyl halides is 3. The fourth-order valence-corrected chi connectivity index (χ4v) is 3.44. The summed E-state index contributed by atoms with van der Waals surface area (Å²) < 4.78 is 38.9. The zero-order valence-corrected chi connectivity index (χ0v) is 17.2. The maximum absolute atomic E-state index is 13.0. The van der Waals surface area contributed by atoms with Gasteiger partial charge in [-0.2, -0.15) is 13.2 Å². The van der Waals surface area contributed by atoms with E-state index in [1.54, 1.807) is 6.20 Å². The number of hydrogen-bond donors (Lipinski definition) is 1. The molecule has 0 aliphatic carbocycles. The molecule has 1 aliphatic rings. The molecule has 0 bridgehead atoms. The Bertz CT molecular complexity index is 610. The van der Waals surface area contributed by atoms with Gasteiger partial charge in [0.1, 0.15) is 6.04 Å². The maximum Gasteiger partial charge on any atom is 0.403 e. The number of hydrogen-bond acceptors (Lipinski definition) is 3. The van der Waals surface area contributed by atoms with Crippen LogP contribution in [-0.2, 0) is 0 Å². The Labute approximate surface area is 166 Å². The van der Waals surface area contributed by atoms with Gasteiger partial charge in [0.05, 0.1) is 0 Å². The van der Waals surface area contributed by atoms with E-state index in [4.69, 9.17) is 4.99 Å². The second-order valence-electron chi connectivity index (χ2n) is 7.57. The normalized spacial score (nSPS) is 19.0. The average Bonchev–Trinajstić information content (AvgIpc) is 2.67. The number of aromatic nitrogens is 1. The van der Waals surface area contributed by atoms with Crippen molar-refractivity contribution in [2.24, 2.45) is 10.9 Å². The predicted octanol–water partition coefficient (Wildman–Crippen LogP) is 3.36.